The zero-order valence-electron chi connectivity index (χ0n) is 26.6. The van der Waals surface area contributed by atoms with E-state index in [1.807, 2.05) is 0 Å². The van der Waals surface area contributed by atoms with E-state index in [-0.39, 0.29) is 6.61 Å². The molecule has 0 aromatic heterocycles. The summed E-state index contributed by atoms with van der Waals surface area (Å²) >= 11 is 0. The molecule has 1 fully saturated rings. The number of carbonyl (C=O) groups excluding carboxylic acids is 6. The van der Waals surface area contributed by atoms with Crippen LogP contribution in [0.2, 0.25) is 0 Å². The topological polar surface area (TPSA) is 228 Å². The zero-order valence-corrected chi connectivity index (χ0v) is 26.6. The van der Waals surface area contributed by atoms with Crippen molar-refractivity contribution in [3.8, 4) is 0 Å². The van der Waals surface area contributed by atoms with Crippen molar-refractivity contribution in [2.24, 2.45) is 5.11 Å². The highest BCUT2D eigenvalue weighted by atomic mass is 16.7. The van der Waals surface area contributed by atoms with E-state index in [9.17, 15) is 28.8 Å². The molecule has 6 atom stereocenters. The number of nitrogens with one attached hydrogen (secondary N) is 1. The summed E-state index contributed by atoms with van der Waals surface area (Å²) in [5.41, 5.74) is 8.35. The van der Waals surface area contributed by atoms with Crippen molar-refractivity contribution in [2.75, 3.05) is 26.9 Å². The average molecular weight is 645 g/mol. The van der Waals surface area contributed by atoms with Gasteiger partial charge in [0.15, 0.2) is 12.2 Å². The van der Waals surface area contributed by atoms with Gasteiger partial charge in [0.25, 0.3) is 5.79 Å². The summed E-state index contributed by atoms with van der Waals surface area (Å²) in [4.78, 5) is 76.5. The molecule has 1 rings (SSSR count). The van der Waals surface area contributed by atoms with Gasteiger partial charge in [-0.25, -0.2) is 4.79 Å². The zero-order chi connectivity index (χ0) is 34.0. The first-order chi connectivity index (χ1) is 21.3. The maximum atomic E-state index is 13.3. The Kier molecular flexibility index (Phi) is 17.5. The van der Waals surface area contributed by atoms with Crippen LogP contribution in [0.15, 0.2) is 5.11 Å². The number of ether oxygens (including phenoxy) is 7. The highest BCUT2D eigenvalue weighted by molar-refractivity contribution is 5.79. The van der Waals surface area contributed by atoms with Crippen LogP contribution in [0.3, 0.4) is 0 Å². The van der Waals surface area contributed by atoms with Crippen molar-refractivity contribution >= 4 is 35.8 Å². The highest BCUT2D eigenvalue weighted by Gasteiger charge is 2.59. The molecule has 1 heterocycles. The smallest absolute Gasteiger partial charge is 0.366 e. The molecule has 0 aromatic carbocycles. The largest absolute Gasteiger partial charge is 0.465 e. The number of hydrogen-bond donors (Lipinski definition) is 1. The minimum Gasteiger partial charge on any atom is -0.465 e. The maximum absolute atomic E-state index is 13.3. The maximum Gasteiger partial charge on any atom is 0.366 e. The summed E-state index contributed by atoms with van der Waals surface area (Å²) < 4.78 is 38.6. The van der Waals surface area contributed by atoms with E-state index in [4.69, 9.17) is 38.7 Å². The molecule has 254 valence electrons. The van der Waals surface area contributed by atoms with Gasteiger partial charge in [-0.1, -0.05) is 30.8 Å². The highest BCUT2D eigenvalue weighted by Crippen LogP contribution is 2.37. The van der Waals surface area contributed by atoms with Crippen molar-refractivity contribution in [2.45, 2.75) is 116 Å². The van der Waals surface area contributed by atoms with Gasteiger partial charge in [0.2, 0.25) is 5.91 Å². The number of hydrogen-bond acceptors (Lipinski definition) is 14. The van der Waals surface area contributed by atoms with Gasteiger partial charge in [-0.3, -0.25) is 24.0 Å². The van der Waals surface area contributed by atoms with Crippen LogP contribution >= 0.6 is 0 Å². The summed E-state index contributed by atoms with van der Waals surface area (Å²) in [6.45, 7) is 5.38. The SMILES string of the molecule is COC(=O)[C@]1(OCCCCCCCCN=[N+]=[N-])C[C@H](OC(C)=O)[C@@H](NC(C)=O)[C@H]([C@H](OC(C)=O)[C@@H](COC(C)=O)OC(C)=O)O1. The van der Waals surface area contributed by atoms with E-state index < -0.39 is 85.0 Å². The summed E-state index contributed by atoms with van der Waals surface area (Å²) in [7, 11) is 1.09. The van der Waals surface area contributed by atoms with Crippen LogP contribution in [0.4, 0.5) is 0 Å². The average Bonchev–Trinajstić information content (AvgIpc) is 2.95. The predicted octanol–water partition coefficient (Wildman–Crippen LogP) is 2.18. The molecule has 0 unspecified atom stereocenters. The Hall–Kier alpha value is -3.95. The van der Waals surface area contributed by atoms with Crippen LogP contribution in [0, 0.1) is 0 Å². The lowest BCUT2D eigenvalue weighted by atomic mass is 9.88. The van der Waals surface area contributed by atoms with E-state index in [0.29, 0.717) is 13.0 Å². The van der Waals surface area contributed by atoms with Gasteiger partial charge in [0.1, 0.15) is 18.8 Å². The van der Waals surface area contributed by atoms with Crippen molar-refractivity contribution in [3.63, 3.8) is 0 Å². The number of esters is 5. The number of rotatable bonds is 19. The summed E-state index contributed by atoms with van der Waals surface area (Å²) in [5, 5.41) is 6.10. The van der Waals surface area contributed by atoms with E-state index in [1.54, 1.807) is 0 Å². The lowest BCUT2D eigenvalue weighted by molar-refractivity contribution is -0.314. The first kappa shape index (κ1) is 39.1. The Morgan fingerprint density at radius 2 is 1.53 bits per heavy atom. The Labute approximate surface area is 261 Å². The predicted molar refractivity (Wildman–Crippen MR) is 153 cm³/mol. The molecule has 0 aromatic rings. The van der Waals surface area contributed by atoms with Crippen LogP contribution in [0.25, 0.3) is 10.4 Å². The van der Waals surface area contributed by atoms with Gasteiger partial charge in [0.05, 0.1) is 26.2 Å². The fourth-order valence-corrected chi connectivity index (χ4v) is 4.82. The minimum absolute atomic E-state index is 0.00278. The van der Waals surface area contributed by atoms with E-state index >= 15 is 0 Å². The first-order valence-electron chi connectivity index (χ1n) is 14.6. The molecular formula is C28H44N4O13. The van der Waals surface area contributed by atoms with Gasteiger partial charge in [-0.05, 0) is 18.4 Å². The Bertz CT molecular complexity index is 1080. The number of azide groups is 1. The quantitative estimate of drug-likeness (QED) is 0.0531. The molecule has 17 heteroatoms. The van der Waals surface area contributed by atoms with E-state index in [2.05, 4.69) is 15.3 Å². The molecular weight excluding hydrogens is 600 g/mol. The minimum atomic E-state index is -2.22. The fraction of sp³-hybridized carbons (Fsp3) is 0.786. The van der Waals surface area contributed by atoms with Crippen LogP contribution in [-0.4, -0.2) is 98.9 Å². The third-order valence-electron chi connectivity index (χ3n) is 6.55. The Morgan fingerprint density at radius 1 is 0.911 bits per heavy atom. The van der Waals surface area contributed by atoms with Gasteiger partial charge in [0, 0.05) is 46.1 Å². The Morgan fingerprint density at radius 3 is 2.07 bits per heavy atom. The molecule has 1 saturated heterocycles. The molecule has 0 bridgehead atoms. The summed E-state index contributed by atoms with van der Waals surface area (Å²) in [5.74, 6) is -7.03. The van der Waals surface area contributed by atoms with Crippen LogP contribution in [0.5, 0.6) is 0 Å². The fourth-order valence-electron chi connectivity index (χ4n) is 4.82. The van der Waals surface area contributed by atoms with Crippen molar-refractivity contribution < 1.29 is 61.9 Å². The standard InChI is InChI=1S/C28H44N4O13/c1-17(33)31-24-22(42-19(3)35)15-28(27(38)39-6,41-14-12-10-8-7-9-11-13-30-32-29)45-26(24)25(44-21(5)37)23(43-20(4)36)16-40-18(2)34/h22-26H,7-16H2,1-6H3,(H,31,33)/t22-,23+,24+,25+,26+,28-/m0/s1. The first-order valence-corrected chi connectivity index (χ1v) is 14.6. The number of methoxy groups -OCH3 is 1. The number of unbranched alkanes of at least 4 members (excludes halogenated alkanes) is 5. The Balaban J connectivity index is 3.47. The molecule has 45 heavy (non-hydrogen) atoms. The third kappa shape index (κ3) is 14.1. The number of amides is 1. The molecule has 1 amide bonds. The second kappa shape index (κ2) is 20.2. The molecule has 0 aliphatic carbocycles. The monoisotopic (exact) mass is 644 g/mol. The molecule has 0 radical (unpaired) electrons. The summed E-state index contributed by atoms with van der Waals surface area (Å²) in [6.07, 6.45) is -1.79. The number of nitrogens with zero attached hydrogens (tertiary/aromatic N) is 3. The molecule has 17 nitrogen and oxygen atoms in total. The van der Waals surface area contributed by atoms with Crippen molar-refractivity contribution in [1.29, 1.82) is 0 Å². The summed E-state index contributed by atoms with van der Waals surface area (Å²) in [6, 6.07) is -1.27. The van der Waals surface area contributed by atoms with Gasteiger partial charge < -0.3 is 38.5 Å². The van der Waals surface area contributed by atoms with Gasteiger partial charge >= 0.3 is 29.8 Å². The van der Waals surface area contributed by atoms with Crippen molar-refractivity contribution in [1.82, 2.24) is 5.32 Å². The van der Waals surface area contributed by atoms with Crippen LogP contribution in [0.1, 0.15) is 79.6 Å². The molecule has 1 aliphatic heterocycles. The molecule has 0 saturated carbocycles. The van der Waals surface area contributed by atoms with Crippen LogP contribution in [-0.2, 0) is 61.9 Å². The second-order valence-corrected chi connectivity index (χ2v) is 10.4. The second-order valence-electron chi connectivity index (χ2n) is 10.4. The van der Waals surface area contributed by atoms with Gasteiger partial charge in [-0.2, -0.15) is 0 Å². The van der Waals surface area contributed by atoms with E-state index in [1.165, 1.54) is 6.92 Å². The molecule has 0 spiro atoms. The van der Waals surface area contributed by atoms with E-state index in [0.717, 1.165) is 66.9 Å². The molecule has 1 aliphatic rings. The molecule has 1 N–H and O–H groups in total. The third-order valence-corrected chi connectivity index (χ3v) is 6.55. The number of carbonyl (C=O) groups is 6. The van der Waals surface area contributed by atoms with Crippen LogP contribution < -0.4 is 5.32 Å². The van der Waals surface area contributed by atoms with Crippen molar-refractivity contribution in [3.05, 3.63) is 10.4 Å². The lowest BCUT2D eigenvalue weighted by Crippen LogP contribution is -2.69. The lowest BCUT2D eigenvalue weighted by Gasteiger charge is -2.48. The normalized spacial score (nSPS) is 22.0. The van der Waals surface area contributed by atoms with Gasteiger partial charge in [-0.15, -0.1) is 0 Å².